The van der Waals surface area contributed by atoms with Gasteiger partial charge < -0.3 is 20.7 Å². The minimum atomic E-state index is -0.360. The Kier molecular flexibility index (Phi) is 6.91. The van der Waals surface area contributed by atoms with Crippen LogP contribution in [0.4, 0.5) is 16.3 Å². The Balaban J connectivity index is 1.70. The fourth-order valence-corrected chi connectivity index (χ4v) is 2.13. The van der Waals surface area contributed by atoms with Crippen LogP contribution in [0.5, 0.6) is 0 Å². The molecule has 25 heavy (non-hydrogen) atoms. The van der Waals surface area contributed by atoms with Crippen LogP contribution in [0.25, 0.3) is 0 Å². The minimum Gasteiger partial charge on any atom is -0.380 e. The van der Waals surface area contributed by atoms with E-state index in [1.807, 2.05) is 31.2 Å². The van der Waals surface area contributed by atoms with Crippen molar-refractivity contribution in [2.75, 3.05) is 24.3 Å². The van der Waals surface area contributed by atoms with Gasteiger partial charge in [0, 0.05) is 31.5 Å². The standard InChI is InChI=1S/C18H22N4O3/c1-13-4-3-5-16(20-13)22-17(23)10-11-19-18(24)21-15-8-6-14(7-9-15)12-25-2/h3-9H,10-12H2,1-2H3,(H2,19,21,24)(H,20,22,23). The van der Waals surface area contributed by atoms with Crippen LogP contribution in [0.1, 0.15) is 17.7 Å². The smallest absolute Gasteiger partial charge is 0.319 e. The molecule has 0 atom stereocenters. The largest absolute Gasteiger partial charge is 0.380 e. The zero-order valence-electron chi connectivity index (χ0n) is 14.3. The first-order valence-electron chi connectivity index (χ1n) is 7.93. The van der Waals surface area contributed by atoms with E-state index in [9.17, 15) is 9.59 Å². The van der Waals surface area contributed by atoms with E-state index in [0.717, 1.165) is 11.3 Å². The maximum atomic E-state index is 11.8. The average molecular weight is 342 g/mol. The monoisotopic (exact) mass is 342 g/mol. The number of hydrogen-bond donors (Lipinski definition) is 3. The molecule has 0 bridgehead atoms. The molecule has 0 aliphatic rings. The van der Waals surface area contributed by atoms with E-state index in [2.05, 4.69) is 20.9 Å². The second-order valence-corrected chi connectivity index (χ2v) is 5.47. The molecule has 1 aromatic carbocycles. The Morgan fingerprint density at radius 1 is 1.08 bits per heavy atom. The van der Waals surface area contributed by atoms with Crippen LogP contribution in [0, 0.1) is 6.92 Å². The number of amides is 3. The summed E-state index contributed by atoms with van der Waals surface area (Å²) in [7, 11) is 1.63. The zero-order chi connectivity index (χ0) is 18.1. The van der Waals surface area contributed by atoms with E-state index in [4.69, 9.17) is 4.74 Å². The number of nitrogens with zero attached hydrogens (tertiary/aromatic N) is 1. The molecule has 0 unspecified atom stereocenters. The lowest BCUT2D eigenvalue weighted by Gasteiger charge is -2.09. The molecule has 1 heterocycles. The molecule has 3 amide bonds. The van der Waals surface area contributed by atoms with Gasteiger partial charge in [0.05, 0.1) is 6.61 Å². The molecule has 7 heteroatoms. The number of carbonyl (C=O) groups is 2. The molecule has 2 rings (SSSR count). The van der Waals surface area contributed by atoms with E-state index in [1.165, 1.54) is 0 Å². The molecule has 2 aromatic rings. The lowest BCUT2D eigenvalue weighted by atomic mass is 10.2. The van der Waals surface area contributed by atoms with Crippen LogP contribution in [0.15, 0.2) is 42.5 Å². The predicted molar refractivity (Wildman–Crippen MR) is 96.4 cm³/mol. The highest BCUT2D eigenvalue weighted by atomic mass is 16.5. The Morgan fingerprint density at radius 3 is 2.52 bits per heavy atom. The van der Waals surface area contributed by atoms with Crippen molar-refractivity contribution >= 4 is 23.4 Å². The fourth-order valence-electron chi connectivity index (χ4n) is 2.13. The molecule has 3 N–H and O–H groups in total. The first kappa shape index (κ1) is 18.4. The SMILES string of the molecule is COCc1ccc(NC(=O)NCCC(=O)Nc2cccc(C)n2)cc1. The summed E-state index contributed by atoms with van der Waals surface area (Å²) >= 11 is 0. The van der Waals surface area contributed by atoms with Crippen LogP contribution in [0.2, 0.25) is 0 Å². The van der Waals surface area contributed by atoms with Crippen molar-refractivity contribution < 1.29 is 14.3 Å². The summed E-state index contributed by atoms with van der Waals surface area (Å²) in [5.41, 5.74) is 2.52. The molecule has 0 spiro atoms. The van der Waals surface area contributed by atoms with Crippen LogP contribution in [0.3, 0.4) is 0 Å². The fraction of sp³-hybridized carbons (Fsp3) is 0.278. The normalized spacial score (nSPS) is 10.2. The van der Waals surface area contributed by atoms with E-state index >= 15 is 0 Å². The van der Waals surface area contributed by atoms with Crippen molar-refractivity contribution in [3.05, 3.63) is 53.7 Å². The van der Waals surface area contributed by atoms with Gasteiger partial charge in [-0.3, -0.25) is 4.79 Å². The molecule has 0 radical (unpaired) electrons. The van der Waals surface area contributed by atoms with Gasteiger partial charge in [0.2, 0.25) is 5.91 Å². The molecule has 0 aliphatic carbocycles. The number of rotatable bonds is 7. The van der Waals surface area contributed by atoms with E-state index < -0.39 is 0 Å². The summed E-state index contributed by atoms with van der Waals surface area (Å²) in [6.45, 7) is 2.60. The van der Waals surface area contributed by atoms with Crippen molar-refractivity contribution in [2.45, 2.75) is 20.0 Å². The maximum absolute atomic E-state index is 11.8. The second kappa shape index (κ2) is 9.39. The number of methoxy groups -OCH3 is 1. The Hall–Kier alpha value is -2.93. The summed E-state index contributed by atoms with van der Waals surface area (Å²) in [5.74, 6) is 0.299. The molecule has 0 aliphatic heterocycles. The topological polar surface area (TPSA) is 92.4 Å². The van der Waals surface area contributed by atoms with Gasteiger partial charge in [0.1, 0.15) is 5.82 Å². The highest BCUT2D eigenvalue weighted by molar-refractivity contribution is 5.91. The third-order valence-electron chi connectivity index (χ3n) is 3.32. The van der Waals surface area contributed by atoms with Crippen molar-refractivity contribution in [3.63, 3.8) is 0 Å². The summed E-state index contributed by atoms with van der Waals surface area (Å²) in [6.07, 6.45) is 0.163. The number of hydrogen-bond acceptors (Lipinski definition) is 4. The van der Waals surface area contributed by atoms with Gasteiger partial charge in [-0.1, -0.05) is 18.2 Å². The quantitative estimate of drug-likeness (QED) is 0.721. The van der Waals surface area contributed by atoms with Crippen LogP contribution in [-0.2, 0) is 16.1 Å². The first-order valence-corrected chi connectivity index (χ1v) is 7.93. The average Bonchev–Trinajstić information content (AvgIpc) is 2.57. The van der Waals surface area contributed by atoms with E-state index in [-0.39, 0.29) is 24.9 Å². The van der Waals surface area contributed by atoms with E-state index in [1.54, 1.807) is 25.3 Å². The van der Waals surface area contributed by atoms with Crippen molar-refractivity contribution in [2.24, 2.45) is 0 Å². The molecule has 0 saturated carbocycles. The lowest BCUT2D eigenvalue weighted by Crippen LogP contribution is -2.31. The molecular formula is C18H22N4O3. The van der Waals surface area contributed by atoms with Gasteiger partial charge in [0.15, 0.2) is 0 Å². The van der Waals surface area contributed by atoms with Gasteiger partial charge >= 0.3 is 6.03 Å². The molecule has 0 fully saturated rings. The van der Waals surface area contributed by atoms with Crippen molar-refractivity contribution in [1.29, 1.82) is 0 Å². The number of aromatic nitrogens is 1. The van der Waals surface area contributed by atoms with Gasteiger partial charge in [-0.05, 0) is 36.8 Å². The number of aryl methyl sites for hydroxylation is 1. The number of urea groups is 1. The number of pyridine rings is 1. The summed E-state index contributed by atoms with van der Waals surface area (Å²) in [5, 5.41) is 8.04. The highest BCUT2D eigenvalue weighted by Gasteiger charge is 2.06. The number of carbonyl (C=O) groups excluding carboxylic acids is 2. The van der Waals surface area contributed by atoms with Gasteiger partial charge in [-0.2, -0.15) is 0 Å². The predicted octanol–water partition coefficient (Wildman–Crippen LogP) is 2.69. The molecular weight excluding hydrogens is 320 g/mol. The molecule has 132 valence electrons. The number of benzene rings is 1. The van der Waals surface area contributed by atoms with E-state index in [0.29, 0.717) is 18.1 Å². The van der Waals surface area contributed by atoms with Crippen LogP contribution < -0.4 is 16.0 Å². The summed E-state index contributed by atoms with van der Waals surface area (Å²) in [6, 6.07) is 12.4. The summed E-state index contributed by atoms with van der Waals surface area (Å²) < 4.78 is 5.03. The third-order valence-corrected chi connectivity index (χ3v) is 3.32. The minimum absolute atomic E-state index is 0.163. The van der Waals surface area contributed by atoms with Crippen molar-refractivity contribution in [1.82, 2.24) is 10.3 Å². The Labute approximate surface area is 146 Å². The second-order valence-electron chi connectivity index (χ2n) is 5.47. The maximum Gasteiger partial charge on any atom is 0.319 e. The van der Waals surface area contributed by atoms with Crippen LogP contribution >= 0.6 is 0 Å². The number of anilines is 2. The first-order chi connectivity index (χ1) is 12.1. The van der Waals surface area contributed by atoms with Crippen molar-refractivity contribution in [3.8, 4) is 0 Å². The lowest BCUT2D eigenvalue weighted by molar-refractivity contribution is -0.116. The summed E-state index contributed by atoms with van der Waals surface area (Å²) in [4.78, 5) is 27.8. The number of ether oxygens (including phenoxy) is 1. The third kappa shape index (κ3) is 6.60. The zero-order valence-corrected chi connectivity index (χ0v) is 14.3. The van der Waals surface area contributed by atoms with Crippen LogP contribution in [-0.4, -0.2) is 30.6 Å². The molecule has 7 nitrogen and oxygen atoms in total. The van der Waals surface area contributed by atoms with Gasteiger partial charge in [-0.25, -0.2) is 9.78 Å². The van der Waals surface area contributed by atoms with Gasteiger partial charge in [0.25, 0.3) is 0 Å². The Bertz CT molecular complexity index is 717. The Morgan fingerprint density at radius 2 is 1.84 bits per heavy atom. The molecule has 1 aromatic heterocycles. The molecule has 0 saturated heterocycles. The number of nitrogens with one attached hydrogen (secondary N) is 3. The highest BCUT2D eigenvalue weighted by Crippen LogP contribution is 2.10. The van der Waals surface area contributed by atoms with Gasteiger partial charge in [-0.15, -0.1) is 0 Å².